The highest BCUT2D eigenvalue weighted by Gasteiger charge is 2.30. The Labute approximate surface area is 169 Å². The molecule has 0 saturated carbocycles. The van der Waals surface area contributed by atoms with Gasteiger partial charge >= 0.3 is 0 Å². The number of benzene rings is 2. The fourth-order valence-electron chi connectivity index (χ4n) is 3.52. The molecule has 0 radical (unpaired) electrons. The molecule has 2 aromatic rings. The summed E-state index contributed by atoms with van der Waals surface area (Å²) < 4.78 is 5.25. The first-order chi connectivity index (χ1) is 13.4. The number of carbonyl (C=O) groups excluding carboxylic acids is 1. The number of nitro groups is 1. The fraction of sp³-hybridized carbons (Fsp3) is 0.381. The van der Waals surface area contributed by atoms with Crippen LogP contribution >= 0.6 is 11.8 Å². The lowest BCUT2D eigenvalue weighted by atomic mass is 9.94. The molecule has 1 amide bonds. The van der Waals surface area contributed by atoms with Gasteiger partial charge in [-0.15, -0.1) is 11.8 Å². The molecule has 1 aliphatic heterocycles. The summed E-state index contributed by atoms with van der Waals surface area (Å²) >= 11 is 1.39. The Hall–Kier alpha value is -2.54. The Morgan fingerprint density at radius 1 is 1.29 bits per heavy atom. The second-order valence-electron chi connectivity index (χ2n) is 7.08. The summed E-state index contributed by atoms with van der Waals surface area (Å²) in [5.41, 5.74) is 3.05. The maximum atomic E-state index is 13.3. The molecule has 2 aromatic carbocycles. The van der Waals surface area contributed by atoms with Crippen molar-refractivity contribution in [2.24, 2.45) is 0 Å². The Morgan fingerprint density at radius 3 is 2.64 bits per heavy atom. The van der Waals surface area contributed by atoms with E-state index >= 15 is 0 Å². The zero-order valence-electron chi connectivity index (χ0n) is 16.5. The van der Waals surface area contributed by atoms with Crippen molar-refractivity contribution < 1.29 is 14.5 Å². The van der Waals surface area contributed by atoms with E-state index in [0.717, 1.165) is 24.1 Å². The number of methoxy groups -OCH3 is 1. The Balaban J connectivity index is 2.07. The largest absolute Gasteiger partial charge is 0.495 e. The van der Waals surface area contributed by atoms with Gasteiger partial charge in [0.15, 0.2) is 0 Å². The number of hydrogen-bond acceptors (Lipinski definition) is 5. The number of ether oxygens (including phenoxy) is 1. The van der Waals surface area contributed by atoms with E-state index in [1.54, 1.807) is 11.0 Å². The van der Waals surface area contributed by atoms with Gasteiger partial charge in [-0.3, -0.25) is 14.9 Å². The molecule has 1 aliphatic rings. The molecule has 0 bridgehead atoms. The highest BCUT2D eigenvalue weighted by atomic mass is 32.2. The third kappa shape index (κ3) is 3.71. The maximum absolute atomic E-state index is 13.3. The molecular weight excluding hydrogens is 376 g/mol. The van der Waals surface area contributed by atoms with Crippen LogP contribution in [-0.4, -0.2) is 30.7 Å². The van der Waals surface area contributed by atoms with Gasteiger partial charge in [0, 0.05) is 12.2 Å². The van der Waals surface area contributed by atoms with Gasteiger partial charge in [0.2, 0.25) is 0 Å². The molecule has 0 N–H and O–H groups in total. The summed E-state index contributed by atoms with van der Waals surface area (Å²) in [6, 6.07) is 9.05. The van der Waals surface area contributed by atoms with E-state index < -0.39 is 4.92 Å². The first-order valence-electron chi connectivity index (χ1n) is 9.22. The van der Waals surface area contributed by atoms with Crippen LogP contribution in [0, 0.1) is 10.1 Å². The summed E-state index contributed by atoms with van der Waals surface area (Å²) in [4.78, 5) is 26.8. The normalized spacial score (nSPS) is 13.4. The molecule has 0 saturated heterocycles. The number of hydrogen-bond donors (Lipinski definition) is 0. The van der Waals surface area contributed by atoms with Crippen LogP contribution in [0.1, 0.15) is 47.7 Å². The van der Waals surface area contributed by atoms with E-state index in [1.165, 1.54) is 30.5 Å². The lowest BCUT2D eigenvalue weighted by molar-refractivity contribution is -0.385. The van der Waals surface area contributed by atoms with Gasteiger partial charge in [-0.1, -0.05) is 26.0 Å². The molecular formula is C21H24N2O4S. The van der Waals surface area contributed by atoms with Crippen LogP contribution < -0.4 is 9.64 Å². The molecule has 0 fully saturated rings. The fourth-order valence-corrected chi connectivity index (χ4v) is 4.10. The van der Waals surface area contributed by atoms with Crippen LogP contribution in [0.5, 0.6) is 5.75 Å². The number of amides is 1. The minimum atomic E-state index is -0.521. The van der Waals surface area contributed by atoms with Crippen molar-refractivity contribution in [3.8, 4) is 5.75 Å². The van der Waals surface area contributed by atoms with Crippen molar-refractivity contribution in [3.05, 3.63) is 57.1 Å². The highest BCUT2D eigenvalue weighted by Crippen LogP contribution is 2.37. The average Bonchev–Trinajstić information content (AvgIpc) is 2.71. The van der Waals surface area contributed by atoms with Crippen LogP contribution in [0.2, 0.25) is 0 Å². The van der Waals surface area contributed by atoms with Crippen molar-refractivity contribution in [1.29, 1.82) is 0 Å². The second kappa shape index (κ2) is 8.22. The predicted octanol–water partition coefficient (Wildman–Crippen LogP) is 5.04. The third-order valence-corrected chi connectivity index (χ3v) is 5.82. The Morgan fingerprint density at radius 2 is 2.04 bits per heavy atom. The Kier molecular flexibility index (Phi) is 5.93. The van der Waals surface area contributed by atoms with Crippen molar-refractivity contribution in [2.45, 2.75) is 37.5 Å². The standard InChI is InChI=1S/C21H24N2O4S/c1-13(2)14-7-8-17-15(10-14)6-5-9-22(17)21(24)16-11-20(28-4)19(27-3)12-18(16)23(25)26/h7-8,10-13H,5-6,9H2,1-4H3. The van der Waals surface area contributed by atoms with Gasteiger partial charge in [-0.2, -0.15) is 0 Å². The SMILES string of the molecule is COc1cc([N+](=O)[O-])c(C(=O)N2CCCc3cc(C(C)C)ccc32)cc1SC. The molecule has 1 heterocycles. The second-order valence-corrected chi connectivity index (χ2v) is 7.93. The number of anilines is 1. The topological polar surface area (TPSA) is 72.7 Å². The summed E-state index contributed by atoms with van der Waals surface area (Å²) in [6.07, 6.45) is 3.58. The maximum Gasteiger partial charge on any atom is 0.285 e. The molecule has 7 heteroatoms. The lowest BCUT2D eigenvalue weighted by Crippen LogP contribution is -2.36. The predicted molar refractivity (Wildman–Crippen MR) is 112 cm³/mol. The monoisotopic (exact) mass is 400 g/mol. The van der Waals surface area contributed by atoms with E-state index in [-0.39, 0.29) is 17.2 Å². The molecule has 0 spiro atoms. The summed E-state index contributed by atoms with van der Waals surface area (Å²) in [5, 5.41) is 11.6. The number of nitro benzene ring substituents is 1. The lowest BCUT2D eigenvalue weighted by Gasteiger charge is -2.30. The summed E-state index contributed by atoms with van der Waals surface area (Å²) in [5.74, 6) is 0.461. The zero-order chi connectivity index (χ0) is 20.4. The molecule has 0 aliphatic carbocycles. The van der Waals surface area contributed by atoms with Crippen LogP contribution in [0.25, 0.3) is 0 Å². The number of rotatable bonds is 5. The number of aryl methyl sites for hydroxylation is 1. The van der Waals surface area contributed by atoms with Crippen molar-refractivity contribution >= 4 is 29.0 Å². The molecule has 3 rings (SSSR count). The number of carbonyl (C=O) groups is 1. The molecule has 148 valence electrons. The van der Waals surface area contributed by atoms with Crippen LogP contribution in [0.15, 0.2) is 35.2 Å². The molecule has 0 unspecified atom stereocenters. The smallest absolute Gasteiger partial charge is 0.285 e. The zero-order valence-corrected chi connectivity index (χ0v) is 17.3. The van der Waals surface area contributed by atoms with Crippen LogP contribution in [-0.2, 0) is 6.42 Å². The number of thioether (sulfide) groups is 1. The minimum Gasteiger partial charge on any atom is -0.495 e. The van der Waals surface area contributed by atoms with Gasteiger partial charge in [-0.25, -0.2) is 0 Å². The van der Waals surface area contributed by atoms with Gasteiger partial charge in [0.1, 0.15) is 11.3 Å². The first kappa shape index (κ1) is 20.2. The third-order valence-electron chi connectivity index (χ3n) is 5.06. The minimum absolute atomic E-state index is 0.0935. The highest BCUT2D eigenvalue weighted by molar-refractivity contribution is 7.98. The number of fused-ring (bicyclic) bond motifs is 1. The van der Waals surface area contributed by atoms with E-state index in [0.29, 0.717) is 23.1 Å². The molecule has 0 aromatic heterocycles. The number of nitrogens with zero attached hydrogens (tertiary/aromatic N) is 2. The quantitative estimate of drug-likeness (QED) is 0.399. The Bertz CT molecular complexity index is 927. The van der Waals surface area contributed by atoms with Gasteiger partial charge in [0.05, 0.1) is 23.0 Å². The van der Waals surface area contributed by atoms with Crippen LogP contribution in [0.4, 0.5) is 11.4 Å². The van der Waals surface area contributed by atoms with E-state index in [4.69, 9.17) is 4.74 Å². The van der Waals surface area contributed by atoms with Gasteiger partial charge in [0.25, 0.3) is 11.6 Å². The van der Waals surface area contributed by atoms with E-state index in [2.05, 4.69) is 19.9 Å². The summed E-state index contributed by atoms with van der Waals surface area (Å²) in [7, 11) is 1.47. The van der Waals surface area contributed by atoms with Gasteiger partial charge < -0.3 is 9.64 Å². The average molecular weight is 401 g/mol. The molecule has 0 atom stereocenters. The van der Waals surface area contributed by atoms with Crippen LogP contribution in [0.3, 0.4) is 0 Å². The van der Waals surface area contributed by atoms with Gasteiger partial charge in [-0.05, 0) is 48.3 Å². The van der Waals surface area contributed by atoms with Crippen molar-refractivity contribution in [2.75, 3.05) is 24.8 Å². The van der Waals surface area contributed by atoms with E-state index in [9.17, 15) is 14.9 Å². The first-order valence-corrected chi connectivity index (χ1v) is 10.4. The summed E-state index contributed by atoms with van der Waals surface area (Å²) in [6.45, 7) is 4.82. The van der Waals surface area contributed by atoms with E-state index in [1.807, 2.05) is 18.4 Å². The van der Waals surface area contributed by atoms with Crippen molar-refractivity contribution in [1.82, 2.24) is 0 Å². The molecule has 28 heavy (non-hydrogen) atoms. The van der Waals surface area contributed by atoms with Crippen molar-refractivity contribution in [3.63, 3.8) is 0 Å². The molecule has 6 nitrogen and oxygen atoms in total.